The molecule has 0 amide bonds. The van der Waals surface area contributed by atoms with Crippen LogP contribution in [0.2, 0.25) is 0 Å². The topological polar surface area (TPSA) is 43.8 Å². The van der Waals surface area contributed by atoms with Gasteiger partial charge in [-0.3, -0.25) is 4.79 Å². The molecule has 0 radical (unpaired) electrons. The molecule has 1 aromatic carbocycles. The second kappa shape index (κ2) is 6.23. The van der Waals surface area contributed by atoms with Crippen molar-refractivity contribution < 1.29 is 32.0 Å². The molecule has 1 N–H and O–H groups in total. The van der Waals surface area contributed by atoms with Crippen LogP contribution in [-0.4, -0.2) is 39.8 Å². The first kappa shape index (κ1) is 17.6. The van der Waals surface area contributed by atoms with E-state index in [1.54, 1.807) is 0 Å². The number of carbonyl (C=O) groups excluding carboxylic acids is 1. The number of hydrogen-bond donors (Lipinski definition) is 1. The van der Waals surface area contributed by atoms with Gasteiger partial charge in [0.25, 0.3) is 0 Å². The van der Waals surface area contributed by atoms with Crippen LogP contribution < -0.4 is 0 Å². The molecule has 0 aliphatic carbocycles. The van der Waals surface area contributed by atoms with Crippen molar-refractivity contribution in [1.82, 2.24) is 9.96 Å². The summed E-state index contributed by atoms with van der Waals surface area (Å²) in [6, 6.07) is 0.633. The van der Waals surface area contributed by atoms with Crippen LogP contribution >= 0.6 is 0 Å². The fraction of sp³-hybridized carbons (Fsp3) is 0.312. The molecular weight excluding hydrogens is 347 g/mol. The molecule has 9 heteroatoms. The second-order valence-corrected chi connectivity index (χ2v) is 5.74. The first-order chi connectivity index (χ1) is 11.7. The molecule has 1 saturated heterocycles. The summed E-state index contributed by atoms with van der Waals surface area (Å²) in [5, 5.41) is 10.5. The van der Waals surface area contributed by atoms with Crippen LogP contribution in [0.1, 0.15) is 18.0 Å². The Labute approximate surface area is 139 Å². The van der Waals surface area contributed by atoms with Gasteiger partial charge in [-0.25, -0.2) is 8.78 Å². The van der Waals surface area contributed by atoms with E-state index in [-0.39, 0.29) is 17.3 Å². The molecule has 1 aromatic rings. The lowest BCUT2D eigenvalue weighted by Gasteiger charge is -2.47. The van der Waals surface area contributed by atoms with Crippen molar-refractivity contribution in [2.45, 2.75) is 24.8 Å². The molecule has 3 rings (SSSR count). The molecule has 0 spiro atoms. The van der Waals surface area contributed by atoms with E-state index in [9.17, 15) is 32.0 Å². The smallest absolute Gasteiger partial charge is 0.347 e. The molecule has 2 unspecified atom stereocenters. The standard InChI is InChI=1S/C16H13F5N2O2/c17-9-4-5-10(11(18)7-9)14-15(24)12-3-1-2-6-22(12)13(23(14)25)8-16(19,20)21/h1-5,7,13-14,25H,6,8H2. The van der Waals surface area contributed by atoms with E-state index < -0.39 is 47.8 Å². The molecule has 4 nitrogen and oxygen atoms in total. The van der Waals surface area contributed by atoms with Crippen molar-refractivity contribution in [3.05, 3.63) is 59.3 Å². The summed E-state index contributed by atoms with van der Waals surface area (Å²) in [5.74, 6) is -2.79. The Morgan fingerprint density at radius 2 is 1.96 bits per heavy atom. The largest absolute Gasteiger partial charge is 0.392 e. The Morgan fingerprint density at radius 1 is 1.24 bits per heavy atom. The van der Waals surface area contributed by atoms with E-state index in [0.717, 1.165) is 17.0 Å². The van der Waals surface area contributed by atoms with Crippen molar-refractivity contribution in [2.24, 2.45) is 0 Å². The van der Waals surface area contributed by atoms with Gasteiger partial charge in [0.05, 0.1) is 12.1 Å². The van der Waals surface area contributed by atoms with E-state index >= 15 is 0 Å². The minimum absolute atomic E-state index is 0.00595. The van der Waals surface area contributed by atoms with Crippen LogP contribution in [-0.2, 0) is 4.79 Å². The van der Waals surface area contributed by atoms with Gasteiger partial charge >= 0.3 is 6.18 Å². The third-order valence-electron chi connectivity index (χ3n) is 4.10. The van der Waals surface area contributed by atoms with Crippen LogP contribution in [0, 0.1) is 11.6 Å². The molecule has 2 aliphatic heterocycles. The molecule has 25 heavy (non-hydrogen) atoms. The van der Waals surface area contributed by atoms with Gasteiger partial charge in [-0.05, 0) is 12.1 Å². The highest BCUT2D eigenvalue weighted by Crippen LogP contribution is 2.39. The van der Waals surface area contributed by atoms with Crippen LogP contribution in [0.5, 0.6) is 0 Å². The molecule has 0 aromatic heterocycles. The van der Waals surface area contributed by atoms with Gasteiger partial charge in [-0.15, -0.1) is 0 Å². The third-order valence-corrected chi connectivity index (χ3v) is 4.10. The number of hydroxylamine groups is 2. The number of ketones is 1. The number of nitrogens with zero attached hydrogens (tertiary/aromatic N) is 2. The van der Waals surface area contributed by atoms with Crippen LogP contribution in [0.25, 0.3) is 0 Å². The van der Waals surface area contributed by atoms with Crippen molar-refractivity contribution in [3.63, 3.8) is 0 Å². The van der Waals surface area contributed by atoms with E-state index in [1.165, 1.54) is 18.2 Å². The normalized spacial score (nSPS) is 24.3. The fourth-order valence-electron chi connectivity index (χ4n) is 3.03. The Hall–Kier alpha value is -2.26. The van der Waals surface area contributed by atoms with Crippen molar-refractivity contribution in [3.8, 4) is 0 Å². The first-order valence-corrected chi connectivity index (χ1v) is 7.35. The summed E-state index contributed by atoms with van der Waals surface area (Å²) < 4.78 is 65.9. The predicted molar refractivity (Wildman–Crippen MR) is 76.1 cm³/mol. The maximum atomic E-state index is 14.1. The fourth-order valence-corrected chi connectivity index (χ4v) is 3.03. The minimum Gasteiger partial charge on any atom is -0.347 e. The van der Waals surface area contributed by atoms with E-state index in [2.05, 4.69) is 0 Å². The van der Waals surface area contributed by atoms with E-state index in [0.29, 0.717) is 6.07 Å². The lowest BCUT2D eigenvalue weighted by Crippen LogP contribution is -2.58. The van der Waals surface area contributed by atoms with Gasteiger partial charge in [0.2, 0.25) is 5.78 Å². The lowest BCUT2D eigenvalue weighted by molar-refractivity contribution is -0.242. The zero-order chi connectivity index (χ0) is 18.4. The van der Waals surface area contributed by atoms with Gasteiger partial charge in [0.15, 0.2) is 0 Å². The maximum absolute atomic E-state index is 14.1. The SMILES string of the molecule is O=C1C2=CC=CCN2C(CC(F)(F)F)N(O)C1c1ccc(F)cc1F. The maximum Gasteiger partial charge on any atom is 0.392 e. The minimum atomic E-state index is -4.62. The number of fused-ring (bicyclic) bond motifs is 1. The average Bonchev–Trinajstić information content (AvgIpc) is 2.52. The highest BCUT2D eigenvalue weighted by atomic mass is 19.4. The molecule has 2 heterocycles. The molecule has 134 valence electrons. The van der Waals surface area contributed by atoms with Crippen LogP contribution in [0.15, 0.2) is 42.1 Å². The quantitative estimate of drug-likeness (QED) is 0.822. The molecule has 1 fully saturated rings. The molecule has 0 saturated carbocycles. The highest BCUT2D eigenvalue weighted by molar-refractivity contribution is 6.00. The Kier molecular flexibility index (Phi) is 4.38. The monoisotopic (exact) mass is 360 g/mol. The molecule has 0 bridgehead atoms. The molecule has 2 atom stereocenters. The number of Topliss-reactive ketones (excluding diaryl/α,β-unsaturated/α-hetero) is 1. The van der Waals surface area contributed by atoms with E-state index in [4.69, 9.17) is 0 Å². The third kappa shape index (κ3) is 3.29. The summed E-state index contributed by atoms with van der Waals surface area (Å²) in [4.78, 5) is 13.7. The molecular formula is C16H13F5N2O2. The van der Waals surface area contributed by atoms with Gasteiger partial charge in [0.1, 0.15) is 23.8 Å². The summed E-state index contributed by atoms with van der Waals surface area (Å²) in [6.45, 7) is -0.00595. The summed E-state index contributed by atoms with van der Waals surface area (Å²) in [6.07, 6.45) is -3.31. The number of benzene rings is 1. The van der Waals surface area contributed by atoms with Gasteiger partial charge < -0.3 is 10.1 Å². The van der Waals surface area contributed by atoms with E-state index in [1.807, 2.05) is 0 Å². The molecule has 2 aliphatic rings. The Balaban J connectivity index is 2.06. The van der Waals surface area contributed by atoms with Crippen LogP contribution in [0.4, 0.5) is 22.0 Å². The van der Waals surface area contributed by atoms with Crippen molar-refractivity contribution in [1.29, 1.82) is 0 Å². The van der Waals surface area contributed by atoms with Gasteiger partial charge in [-0.2, -0.15) is 18.2 Å². The summed E-state index contributed by atoms with van der Waals surface area (Å²) in [7, 11) is 0. The Bertz CT molecular complexity index is 759. The highest BCUT2D eigenvalue weighted by Gasteiger charge is 2.49. The van der Waals surface area contributed by atoms with Crippen molar-refractivity contribution >= 4 is 5.78 Å². The van der Waals surface area contributed by atoms with Gasteiger partial charge in [0, 0.05) is 18.2 Å². The average molecular weight is 360 g/mol. The summed E-state index contributed by atoms with van der Waals surface area (Å²) >= 11 is 0. The predicted octanol–water partition coefficient (Wildman–Crippen LogP) is 3.31. The number of alkyl halides is 3. The second-order valence-electron chi connectivity index (χ2n) is 5.74. The number of carbonyl (C=O) groups is 1. The number of halogens is 5. The van der Waals surface area contributed by atoms with Crippen molar-refractivity contribution in [2.75, 3.05) is 6.54 Å². The number of rotatable bonds is 2. The number of allylic oxidation sites excluding steroid dienone is 2. The lowest BCUT2D eigenvalue weighted by atomic mass is 9.93. The zero-order valence-corrected chi connectivity index (χ0v) is 12.7. The summed E-state index contributed by atoms with van der Waals surface area (Å²) in [5.41, 5.74) is -0.452. The number of hydrogen-bond acceptors (Lipinski definition) is 4. The zero-order valence-electron chi connectivity index (χ0n) is 12.7. The first-order valence-electron chi connectivity index (χ1n) is 7.35. The van der Waals surface area contributed by atoms with Gasteiger partial charge in [-0.1, -0.05) is 18.2 Å². The Morgan fingerprint density at radius 3 is 2.60 bits per heavy atom. The van der Waals surface area contributed by atoms with Crippen LogP contribution in [0.3, 0.4) is 0 Å².